The topological polar surface area (TPSA) is 64.7 Å². The minimum atomic E-state index is 0.564. The summed E-state index contributed by atoms with van der Waals surface area (Å²) in [5.74, 6) is 1.20. The highest BCUT2D eigenvalue weighted by atomic mass is 32.1. The van der Waals surface area contributed by atoms with Gasteiger partial charge in [-0.25, -0.2) is 15.0 Å². The van der Waals surface area contributed by atoms with Gasteiger partial charge in [0.25, 0.3) is 0 Å². The van der Waals surface area contributed by atoms with E-state index in [0.717, 1.165) is 15.4 Å². The summed E-state index contributed by atoms with van der Waals surface area (Å²) >= 11 is 1.51. The van der Waals surface area contributed by atoms with Crippen molar-refractivity contribution in [2.24, 2.45) is 0 Å². The van der Waals surface area contributed by atoms with Crippen LogP contribution in [0.2, 0.25) is 0 Å². The van der Waals surface area contributed by atoms with Gasteiger partial charge < -0.3 is 5.73 Å². The number of aromatic nitrogens is 3. The lowest BCUT2D eigenvalue weighted by molar-refractivity contribution is 1.13. The highest BCUT2D eigenvalue weighted by Gasteiger charge is 2.08. The number of hydrogen-bond donors (Lipinski definition) is 1. The fraction of sp³-hybridized carbons (Fsp3) is 0.222. The molecule has 5 heteroatoms. The first-order valence-corrected chi connectivity index (χ1v) is 5.00. The van der Waals surface area contributed by atoms with E-state index in [-0.39, 0.29) is 0 Å². The zero-order valence-corrected chi connectivity index (χ0v) is 8.80. The summed E-state index contributed by atoms with van der Waals surface area (Å²) in [6, 6.07) is 0. The van der Waals surface area contributed by atoms with Gasteiger partial charge in [0.1, 0.15) is 5.82 Å². The van der Waals surface area contributed by atoms with Gasteiger partial charge in [-0.3, -0.25) is 0 Å². The number of rotatable bonds is 1. The molecule has 0 aliphatic rings. The van der Waals surface area contributed by atoms with Gasteiger partial charge in [0, 0.05) is 17.3 Å². The molecule has 0 atom stereocenters. The number of aryl methyl sites for hydroxylation is 2. The quantitative estimate of drug-likeness (QED) is 0.772. The van der Waals surface area contributed by atoms with Gasteiger partial charge in [-0.2, -0.15) is 0 Å². The molecule has 0 radical (unpaired) electrons. The standard InChI is InChI=1S/C9H10N4S/c1-5-3-11-8(12-4-5)9-13-7(10)6(2)14-9/h3-4H,10H2,1-2H3. The van der Waals surface area contributed by atoms with E-state index >= 15 is 0 Å². The van der Waals surface area contributed by atoms with E-state index in [1.165, 1.54) is 11.3 Å². The lowest BCUT2D eigenvalue weighted by Gasteiger charge is -1.93. The van der Waals surface area contributed by atoms with Crippen LogP contribution in [0.5, 0.6) is 0 Å². The molecule has 14 heavy (non-hydrogen) atoms. The van der Waals surface area contributed by atoms with Crippen LogP contribution in [0.25, 0.3) is 10.8 Å². The molecule has 0 aromatic carbocycles. The second-order valence-electron chi connectivity index (χ2n) is 3.04. The van der Waals surface area contributed by atoms with E-state index in [0.29, 0.717) is 11.6 Å². The van der Waals surface area contributed by atoms with Crippen LogP contribution in [0.15, 0.2) is 12.4 Å². The third kappa shape index (κ3) is 1.58. The predicted octanol–water partition coefficient (Wildman–Crippen LogP) is 1.80. The summed E-state index contributed by atoms with van der Waals surface area (Å²) < 4.78 is 0. The molecule has 0 amide bonds. The zero-order valence-electron chi connectivity index (χ0n) is 7.98. The van der Waals surface area contributed by atoms with Crippen LogP contribution in [0.4, 0.5) is 5.82 Å². The van der Waals surface area contributed by atoms with Crippen molar-refractivity contribution < 1.29 is 0 Å². The summed E-state index contributed by atoms with van der Waals surface area (Å²) in [6.45, 7) is 3.88. The average molecular weight is 206 g/mol. The van der Waals surface area contributed by atoms with Crippen molar-refractivity contribution in [2.45, 2.75) is 13.8 Å². The molecule has 0 spiro atoms. The minimum Gasteiger partial charge on any atom is -0.383 e. The van der Waals surface area contributed by atoms with Gasteiger partial charge in [0.15, 0.2) is 10.8 Å². The van der Waals surface area contributed by atoms with E-state index in [4.69, 9.17) is 5.73 Å². The number of nitrogen functional groups attached to an aromatic ring is 1. The molecule has 2 aromatic rings. The van der Waals surface area contributed by atoms with Gasteiger partial charge in [-0.05, 0) is 19.4 Å². The van der Waals surface area contributed by atoms with Crippen molar-refractivity contribution in [3.8, 4) is 10.8 Å². The Morgan fingerprint density at radius 1 is 1.21 bits per heavy atom. The van der Waals surface area contributed by atoms with Crippen molar-refractivity contribution in [1.29, 1.82) is 0 Å². The largest absolute Gasteiger partial charge is 0.383 e. The first kappa shape index (κ1) is 9.08. The Kier molecular flexibility index (Phi) is 2.17. The zero-order chi connectivity index (χ0) is 10.1. The molecule has 0 saturated carbocycles. The summed E-state index contributed by atoms with van der Waals surface area (Å²) in [4.78, 5) is 13.6. The van der Waals surface area contributed by atoms with E-state index in [9.17, 15) is 0 Å². The molecule has 0 bridgehead atoms. The van der Waals surface area contributed by atoms with Crippen LogP contribution in [0, 0.1) is 13.8 Å². The van der Waals surface area contributed by atoms with Crippen molar-refractivity contribution in [1.82, 2.24) is 15.0 Å². The molecule has 2 aromatic heterocycles. The first-order valence-electron chi connectivity index (χ1n) is 4.19. The lowest BCUT2D eigenvalue weighted by Crippen LogP contribution is -1.90. The highest BCUT2D eigenvalue weighted by molar-refractivity contribution is 7.15. The molecule has 0 saturated heterocycles. The smallest absolute Gasteiger partial charge is 0.188 e. The highest BCUT2D eigenvalue weighted by Crippen LogP contribution is 2.25. The molecule has 4 nitrogen and oxygen atoms in total. The molecule has 2 N–H and O–H groups in total. The van der Waals surface area contributed by atoms with Crippen LogP contribution in [0.1, 0.15) is 10.4 Å². The second-order valence-corrected chi connectivity index (χ2v) is 4.25. The summed E-state index contributed by atoms with van der Waals surface area (Å²) in [6.07, 6.45) is 3.55. The number of anilines is 1. The van der Waals surface area contributed by atoms with E-state index in [2.05, 4.69) is 15.0 Å². The molecule has 0 aliphatic heterocycles. The van der Waals surface area contributed by atoms with Gasteiger partial charge in [0.2, 0.25) is 0 Å². The Morgan fingerprint density at radius 3 is 2.36 bits per heavy atom. The molecule has 0 unspecified atom stereocenters. The molecular formula is C9H10N4S. The number of hydrogen-bond acceptors (Lipinski definition) is 5. The number of nitrogens with two attached hydrogens (primary N) is 1. The van der Waals surface area contributed by atoms with Crippen LogP contribution < -0.4 is 5.73 Å². The monoisotopic (exact) mass is 206 g/mol. The number of thiazole rings is 1. The van der Waals surface area contributed by atoms with Crippen molar-refractivity contribution in [3.63, 3.8) is 0 Å². The Morgan fingerprint density at radius 2 is 1.86 bits per heavy atom. The van der Waals surface area contributed by atoms with E-state index in [1.807, 2.05) is 13.8 Å². The molecule has 72 valence electrons. The molecule has 0 fully saturated rings. The van der Waals surface area contributed by atoms with Gasteiger partial charge in [0.05, 0.1) is 0 Å². The van der Waals surface area contributed by atoms with Gasteiger partial charge in [-0.15, -0.1) is 11.3 Å². The Balaban J connectivity index is 2.44. The Bertz CT molecular complexity index is 427. The number of nitrogens with zero attached hydrogens (tertiary/aromatic N) is 3. The van der Waals surface area contributed by atoms with E-state index < -0.39 is 0 Å². The molecule has 2 rings (SSSR count). The summed E-state index contributed by atoms with van der Waals surface area (Å²) in [5, 5.41) is 0.778. The van der Waals surface area contributed by atoms with Crippen molar-refractivity contribution in [2.75, 3.05) is 5.73 Å². The van der Waals surface area contributed by atoms with Crippen LogP contribution >= 0.6 is 11.3 Å². The summed E-state index contributed by atoms with van der Waals surface area (Å²) in [7, 11) is 0. The Hall–Kier alpha value is -1.49. The lowest BCUT2D eigenvalue weighted by atomic mass is 10.4. The molecular weight excluding hydrogens is 196 g/mol. The molecule has 2 heterocycles. The SMILES string of the molecule is Cc1cnc(-c2nc(N)c(C)s2)nc1. The first-order chi connectivity index (χ1) is 6.66. The van der Waals surface area contributed by atoms with Crippen molar-refractivity contribution in [3.05, 3.63) is 22.8 Å². The van der Waals surface area contributed by atoms with Gasteiger partial charge >= 0.3 is 0 Å². The van der Waals surface area contributed by atoms with Crippen LogP contribution in [-0.2, 0) is 0 Å². The van der Waals surface area contributed by atoms with E-state index in [1.54, 1.807) is 12.4 Å². The second kappa shape index (κ2) is 3.34. The van der Waals surface area contributed by atoms with Crippen molar-refractivity contribution >= 4 is 17.2 Å². The fourth-order valence-electron chi connectivity index (χ4n) is 1.01. The summed E-state index contributed by atoms with van der Waals surface area (Å²) in [5.41, 5.74) is 6.69. The average Bonchev–Trinajstić information content (AvgIpc) is 2.48. The van der Waals surface area contributed by atoms with Crippen LogP contribution in [-0.4, -0.2) is 15.0 Å². The Labute approximate surface area is 85.9 Å². The third-order valence-corrected chi connectivity index (χ3v) is 2.79. The normalized spacial score (nSPS) is 10.4. The predicted molar refractivity (Wildman–Crippen MR) is 57.0 cm³/mol. The maximum Gasteiger partial charge on any atom is 0.188 e. The maximum absolute atomic E-state index is 5.65. The fourth-order valence-corrected chi connectivity index (χ4v) is 1.79. The molecule has 0 aliphatic carbocycles. The maximum atomic E-state index is 5.65. The third-order valence-electron chi connectivity index (χ3n) is 1.80. The van der Waals surface area contributed by atoms with Gasteiger partial charge in [-0.1, -0.05) is 0 Å². The minimum absolute atomic E-state index is 0.564. The van der Waals surface area contributed by atoms with Crippen LogP contribution in [0.3, 0.4) is 0 Å².